The highest BCUT2D eigenvalue weighted by molar-refractivity contribution is 7.89. The van der Waals surface area contributed by atoms with E-state index < -0.39 is 21.4 Å². The molecule has 0 radical (unpaired) electrons. The molecule has 2 aromatic carbocycles. The molecule has 10 heteroatoms. The second-order valence-corrected chi connectivity index (χ2v) is 11.0. The minimum atomic E-state index is -3.91. The van der Waals surface area contributed by atoms with Gasteiger partial charge in [0.15, 0.2) is 5.82 Å². The Kier molecular flexibility index (Phi) is 11.0. The molecule has 3 rings (SSSR count). The number of methoxy groups -OCH3 is 3. The van der Waals surface area contributed by atoms with E-state index in [4.69, 9.17) is 18.9 Å². The molecule has 206 valence electrons. The maximum absolute atomic E-state index is 14.3. The molecule has 0 unspecified atom stereocenters. The van der Waals surface area contributed by atoms with E-state index in [1.165, 1.54) is 4.31 Å². The summed E-state index contributed by atoms with van der Waals surface area (Å²) in [5.41, 5.74) is 2.54. The Hall–Kier alpha value is -3.05. The summed E-state index contributed by atoms with van der Waals surface area (Å²) >= 11 is 0. The summed E-state index contributed by atoms with van der Waals surface area (Å²) in [4.78, 5) is 8.84. The third-order valence-corrected chi connectivity index (χ3v) is 8.48. The number of hydrogen-bond donors (Lipinski definition) is 0. The Morgan fingerprint density at radius 2 is 1.32 bits per heavy atom. The number of aromatic nitrogens is 2. The van der Waals surface area contributed by atoms with Gasteiger partial charge in [-0.3, -0.25) is 0 Å². The van der Waals surface area contributed by atoms with Crippen LogP contribution in [-0.2, 0) is 32.6 Å². The molecule has 1 heterocycles. The van der Waals surface area contributed by atoms with Gasteiger partial charge in [-0.15, -0.1) is 0 Å². The van der Waals surface area contributed by atoms with Crippen LogP contribution < -0.4 is 9.47 Å². The van der Waals surface area contributed by atoms with E-state index in [2.05, 4.69) is 9.97 Å². The van der Waals surface area contributed by atoms with Gasteiger partial charge in [-0.05, 0) is 54.3 Å². The molecular weight excluding hydrogens is 506 g/mol. The lowest BCUT2D eigenvalue weighted by molar-refractivity contribution is 0.00837. The summed E-state index contributed by atoms with van der Waals surface area (Å²) in [6.45, 7) is 4.59. The Labute approximate surface area is 225 Å². The van der Waals surface area contributed by atoms with Crippen LogP contribution >= 0.6 is 0 Å². The predicted molar refractivity (Wildman–Crippen MR) is 146 cm³/mol. The van der Waals surface area contributed by atoms with Crippen LogP contribution in [0.3, 0.4) is 0 Å². The van der Waals surface area contributed by atoms with Gasteiger partial charge >= 0.3 is 0 Å². The summed E-state index contributed by atoms with van der Waals surface area (Å²) in [6, 6.07) is 14.8. The van der Waals surface area contributed by atoms with Gasteiger partial charge in [0.2, 0.25) is 10.0 Å². The van der Waals surface area contributed by atoms with Crippen LogP contribution in [0.15, 0.2) is 60.9 Å². The topological polar surface area (TPSA) is 100 Å². The minimum Gasteiger partial charge on any atom is -0.497 e. The van der Waals surface area contributed by atoms with Gasteiger partial charge in [0.25, 0.3) is 0 Å². The Balaban J connectivity index is 2.00. The van der Waals surface area contributed by atoms with E-state index in [1.54, 1.807) is 33.7 Å². The van der Waals surface area contributed by atoms with Crippen molar-refractivity contribution < 1.29 is 27.4 Å². The first-order valence-electron chi connectivity index (χ1n) is 12.5. The molecule has 38 heavy (non-hydrogen) atoms. The van der Waals surface area contributed by atoms with Gasteiger partial charge in [0, 0.05) is 32.6 Å². The number of rotatable bonds is 15. The molecule has 2 atom stereocenters. The number of aryl methyl sites for hydroxylation is 1. The first-order valence-corrected chi connectivity index (χ1v) is 14.0. The Morgan fingerprint density at radius 1 is 0.816 bits per heavy atom. The minimum absolute atomic E-state index is 0.175. The van der Waals surface area contributed by atoms with Crippen LogP contribution in [0.2, 0.25) is 0 Å². The predicted octanol–water partition coefficient (Wildman–Crippen LogP) is 4.32. The van der Waals surface area contributed by atoms with Gasteiger partial charge in [-0.2, -0.15) is 4.31 Å². The van der Waals surface area contributed by atoms with Crippen LogP contribution in [0.5, 0.6) is 11.5 Å². The monoisotopic (exact) mass is 543 g/mol. The van der Waals surface area contributed by atoms with Crippen molar-refractivity contribution in [3.63, 3.8) is 0 Å². The molecular formula is C28H37N3O6S. The molecule has 0 aliphatic carbocycles. The number of hydrogen-bond acceptors (Lipinski definition) is 8. The molecule has 3 aromatic rings. The highest BCUT2D eigenvalue weighted by Crippen LogP contribution is 2.31. The van der Waals surface area contributed by atoms with E-state index in [1.807, 2.05) is 62.4 Å². The molecule has 0 N–H and O–H groups in total. The maximum atomic E-state index is 14.3. The molecule has 1 aromatic heterocycles. The van der Waals surface area contributed by atoms with Crippen molar-refractivity contribution in [2.24, 2.45) is 0 Å². The second-order valence-electron chi connectivity index (χ2n) is 8.86. The van der Waals surface area contributed by atoms with Crippen molar-refractivity contribution in [3.05, 3.63) is 83.4 Å². The van der Waals surface area contributed by atoms with Crippen molar-refractivity contribution in [1.29, 1.82) is 0 Å². The number of nitrogens with zero attached hydrogens (tertiary/aromatic N) is 3. The molecule has 0 fully saturated rings. The fraction of sp³-hybridized carbons (Fsp3) is 0.429. The Bertz CT molecular complexity index is 1170. The van der Waals surface area contributed by atoms with Gasteiger partial charge in [-0.1, -0.05) is 31.2 Å². The standard InChI is InChI=1S/C28H37N3O6S/c1-6-26(27(37-16-15-34-3)28-29-17-21(2)18-30-28)38(32,33)31(19-22-7-11-24(35-4)12-8-22)20-23-9-13-25(36-5)14-10-23/h7-14,17-18,26-27H,6,15-16,19-20H2,1-5H3/t26-,27-/m0/s1. The largest absolute Gasteiger partial charge is 0.497 e. The zero-order chi connectivity index (χ0) is 27.5. The van der Waals surface area contributed by atoms with Crippen molar-refractivity contribution in [2.75, 3.05) is 34.5 Å². The summed E-state index contributed by atoms with van der Waals surface area (Å²) in [5.74, 6) is 1.73. The molecule has 0 bridgehead atoms. The van der Waals surface area contributed by atoms with Crippen molar-refractivity contribution in [2.45, 2.75) is 44.7 Å². The normalized spacial score (nSPS) is 13.3. The molecule has 9 nitrogen and oxygen atoms in total. The highest BCUT2D eigenvalue weighted by atomic mass is 32.2. The van der Waals surface area contributed by atoms with Crippen LogP contribution in [0.4, 0.5) is 0 Å². The van der Waals surface area contributed by atoms with Crippen molar-refractivity contribution in [1.82, 2.24) is 14.3 Å². The molecule has 0 amide bonds. The number of benzene rings is 2. The fourth-order valence-electron chi connectivity index (χ4n) is 4.03. The fourth-order valence-corrected chi connectivity index (χ4v) is 6.01. The highest BCUT2D eigenvalue weighted by Gasteiger charge is 2.39. The van der Waals surface area contributed by atoms with E-state index >= 15 is 0 Å². The van der Waals surface area contributed by atoms with Crippen LogP contribution in [0.1, 0.15) is 42.0 Å². The SMILES string of the molecule is CC[C@@H]([C@H](OCCOC)c1ncc(C)cn1)S(=O)(=O)N(Cc1ccc(OC)cc1)Cc1ccc(OC)cc1. The van der Waals surface area contributed by atoms with Crippen LogP contribution in [0.25, 0.3) is 0 Å². The molecule has 0 saturated heterocycles. The average Bonchev–Trinajstić information content (AvgIpc) is 2.93. The van der Waals surface area contributed by atoms with Crippen molar-refractivity contribution in [3.8, 4) is 11.5 Å². The zero-order valence-electron chi connectivity index (χ0n) is 22.7. The van der Waals surface area contributed by atoms with E-state index in [0.29, 0.717) is 30.4 Å². The molecule has 0 saturated carbocycles. The lowest BCUT2D eigenvalue weighted by atomic mass is 10.2. The maximum Gasteiger partial charge on any atom is 0.220 e. The molecule has 0 aliphatic heterocycles. The number of sulfonamides is 1. The lowest BCUT2D eigenvalue weighted by Crippen LogP contribution is -2.42. The summed E-state index contributed by atoms with van der Waals surface area (Å²) in [7, 11) is 0.850. The summed E-state index contributed by atoms with van der Waals surface area (Å²) < 4.78 is 51.9. The van der Waals surface area contributed by atoms with Crippen LogP contribution in [-0.4, -0.2) is 62.5 Å². The van der Waals surface area contributed by atoms with Crippen LogP contribution in [0, 0.1) is 6.92 Å². The Morgan fingerprint density at radius 3 is 1.74 bits per heavy atom. The number of ether oxygens (including phenoxy) is 4. The lowest BCUT2D eigenvalue weighted by Gasteiger charge is -2.31. The summed E-state index contributed by atoms with van der Waals surface area (Å²) in [5, 5.41) is -0.918. The summed E-state index contributed by atoms with van der Waals surface area (Å²) in [6.07, 6.45) is 2.77. The zero-order valence-corrected chi connectivity index (χ0v) is 23.5. The van der Waals surface area contributed by atoms with E-state index in [-0.39, 0.29) is 19.7 Å². The van der Waals surface area contributed by atoms with E-state index in [9.17, 15) is 8.42 Å². The quantitative estimate of drug-likeness (QED) is 0.261. The molecule has 0 spiro atoms. The van der Waals surface area contributed by atoms with Gasteiger partial charge < -0.3 is 18.9 Å². The van der Waals surface area contributed by atoms with Crippen molar-refractivity contribution >= 4 is 10.0 Å². The first-order chi connectivity index (χ1) is 18.3. The van der Waals surface area contributed by atoms with Gasteiger partial charge in [0.05, 0.1) is 27.4 Å². The van der Waals surface area contributed by atoms with Gasteiger partial charge in [-0.25, -0.2) is 18.4 Å². The van der Waals surface area contributed by atoms with E-state index in [0.717, 1.165) is 16.7 Å². The molecule has 0 aliphatic rings. The third-order valence-electron chi connectivity index (χ3n) is 6.16. The smallest absolute Gasteiger partial charge is 0.220 e. The third kappa shape index (κ3) is 7.73. The average molecular weight is 544 g/mol. The first kappa shape index (κ1) is 29.5. The van der Waals surface area contributed by atoms with Gasteiger partial charge in [0.1, 0.15) is 22.9 Å². The second kappa shape index (κ2) is 14.2.